The van der Waals surface area contributed by atoms with Crippen LogP contribution < -0.4 is 5.32 Å². The second kappa shape index (κ2) is 7.15. The summed E-state index contributed by atoms with van der Waals surface area (Å²) in [5, 5.41) is 6.50. The Labute approximate surface area is 158 Å². The Balaban J connectivity index is 1.29. The van der Waals surface area contributed by atoms with E-state index < -0.39 is 0 Å². The molecule has 1 aliphatic carbocycles. The topological polar surface area (TPSA) is 78.7 Å². The summed E-state index contributed by atoms with van der Waals surface area (Å²) < 4.78 is 4.95. The largest absolute Gasteiger partial charge is 0.360 e. The Bertz CT molecular complexity index is 821. The third-order valence-electron chi connectivity index (χ3n) is 5.41. The van der Waals surface area contributed by atoms with E-state index in [9.17, 15) is 9.59 Å². The minimum Gasteiger partial charge on any atom is -0.360 e. The van der Waals surface area contributed by atoms with Gasteiger partial charge in [0, 0.05) is 32.2 Å². The molecule has 1 N–H and O–H groups in total. The lowest BCUT2D eigenvalue weighted by molar-refractivity contribution is -0.135. The van der Waals surface area contributed by atoms with E-state index in [-0.39, 0.29) is 23.8 Å². The van der Waals surface area contributed by atoms with Crippen molar-refractivity contribution in [1.82, 2.24) is 15.0 Å². The molecule has 7 nitrogen and oxygen atoms in total. The summed E-state index contributed by atoms with van der Waals surface area (Å²) in [4.78, 5) is 29.2. The van der Waals surface area contributed by atoms with Gasteiger partial charge in [0.2, 0.25) is 11.8 Å². The SMILES string of the molecule is Cc1cc(NC(=O)CN2CCN(C(=O)C3(c4ccccc4)CC3)CC2)no1. The third-order valence-corrected chi connectivity index (χ3v) is 5.41. The van der Waals surface area contributed by atoms with Crippen molar-refractivity contribution in [2.75, 3.05) is 38.0 Å². The second-order valence-corrected chi connectivity index (χ2v) is 7.39. The van der Waals surface area contributed by atoms with Crippen LogP contribution in [-0.4, -0.2) is 59.5 Å². The fourth-order valence-electron chi connectivity index (χ4n) is 3.73. The van der Waals surface area contributed by atoms with Gasteiger partial charge >= 0.3 is 0 Å². The molecule has 2 heterocycles. The number of hydrogen-bond donors (Lipinski definition) is 1. The minimum absolute atomic E-state index is 0.119. The number of benzene rings is 1. The molecule has 2 aromatic rings. The number of amides is 2. The molecule has 1 aromatic carbocycles. The Hall–Kier alpha value is -2.67. The van der Waals surface area contributed by atoms with Gasteiger partial charge in [-0.05, 0) is 25.3 Å². The van der Waals surface area contributed by atoms with Crippen molar-refractivity contribution in [3.05, 3.63) is 47.7 Å². The summed E-state index contributed by atoms with van der Waals surface area (Å²) in [6.45, 7) is 4.77. The molecule has 0 atom stereocenters. The van der Waals surface area contributed by atoms with Crippen LogP contribution in [0, 0.1) is 6.92 Å². The molecule has 0 bridgehead atoms. The van der Waals surface area contributed by atoms with Crippen LogP contribution in [0.1, 0.15) is 24.2 Å². The Morgan fingerprint density at radius 1 is 1.15 bits per heavy atom. The molecule has 2 fully saturated rings. The monoisotopic (exact) mass is 368 g/mol. The molecule has 1 aromatic heterocycles. The summed E-state index contributed by atoms with van der Waals surface area (Å²) in [6, 6.07) is 11.8. The molecule has 0 unspecified atom stereocenters. The number of aromatic nitrogens is 1. The Morgan fingerprint density at radius 2 is 1.85 bits per heavy atom. The van der Waals surface area contributed by atoms with Crippen LogP contribution in [0.4, 0.5) is 5.82 Å². The summed E-state index contributed by atoms with van der Waals surface area (Å²) in [7, 11) is 0. The van der Waals surface area contributed by atoms with Gasteiger partial charge in [-0.2, -0.15) is 0 Å². The molecule has 0 radical (unpaired) electrons. The van der Waals surface area contributed by atoms with Crippen molar-refractivity contribution in [3.63, 3.8) is 0 Å². The van der Waals surface area contributed by atoms with Gasteiger partial charge in [0.05, 0.1) is 12.0 Å². The highest BCUT2D eigenvalue weighted by Crippen LogP contribution is 2.49. The average Bonchev–Trinajstić information content (AvgIpc) is 3.40. The molecule has 7 heteroatoms. The fourth-order valence-corrected chi connectivity index (χ4v) is 3.73. The van der Waals surface area contributed by atoms with Crippen LogP contribution in [-0.2, 0) is 15.0 Å². The first kappa shape index (κ1) is 17.7. The number of aryl methyl sites for hydroxylation is 1. The van der Waals surface area contributed by atoms with Crippen molar-refractivity contribution < 1.29 is 14.1 Å². The van der Waals surface area contributed by atoms with Gasteiger partial charge in [-0.1, -0.05) is 35.5 Å². The van der Waals surface area contributed by atoms with Gasteiger partial charge in [-0.3, -0.25) is 14.5 Å². The highest BCUT2D eigenvalue weighted by Gasteiger charge is 2.53. The van der Waals surface area contributed by atoms with Crippen LogP contribution in [0.2, 0.25) is 0 Å². The Morgan fingerprint density at radius 3 is 2.44 bits per heavy atom. The first-order valence-corrected chi connectivity index (χ1v) is 9.37. The average molecular weight is 368 g/mol. The summed E-state index contributed by atoms with van der Waals surface area (Å²) in [5.41, 5.74) is 0.811. The van der Waals surface area contributed by atoms with E-state index in [1.165, 1.54) is 0 Å². The first-order chi connectivity index (χ1) is 13.1. The maximum atomic E-state index is 13.1. The van der Waals surface area contributed by atoms with Gasteiger partial charge < -0.3 is 14.7 Å². The lowest BCUT2D eigenvalue weighted by Crippen LogP contribution is -2.52. The smallest absolute Gasteiger partial charge is 0.239 e. The number of carbonyl (C=O) groups is 2. The molecular formula is C20H24N4O3. The van der Waals surface area contributed by atoms with Crippen molar-refractivity contribution in [3.8, 4) is 0 Å². The van der Waals surface area contributed by atoms with E-state index >= 15 is 0 Å². The number of anilines is 1. The number of nitrogens with zero attached hydrogens (tertiary/aromatic N) is 3. The van der Waals surface area contributed by atoms with E-state index in [0.29, 0.717) is 37.8 Å². The number of carbonyl (C=O) groups excluding carboxylic acids is 2. The standard InChI is InChI=1S/C20H24N4O3/c1-15-13-17(22-27-15)21-18(25)14-23-9-11-24(12-10-23)19(26)20(7-8-20)16-5-3-2-4-6-16/h2-6,13H,7-12,14H2,1H3,(H,21,22,25). The molecule has 4 rings (SSSR count). The van der Waals surface area contributed by atoms with Crippen LogP contribution >= 0.6 is 0 Å². The quantitative estimate of drug-likeness (QED) is 0.871. The minimum atomic E-state index is -0.314. The molecular weight excluding hydrogens is 344 g/mol. The van der Waals surface area contributed by atoms with Crippen molar-refractivity contribution in [2.24, 2.45) is 0 Å². The molecule has 0 spiro atoms. The number of rotatable bonds is 5. The van der Waals surface area contributed by atoms with Gasteiger partial charge in [0.15, 0.2) is 5.82 Å². The van der Waals surface area contributed by atoms with E-state index in [1.807, 2.05) is 23.1 Å². The van der Waals surface area contributed by atoms with Crippen molar-refractivity contribution in [1.29, 1.82) is 0 Å². The van der Waals surface area contributed by atoms with E-state index in [1.54, 1.807) is 13.0 Å². The molecule has 27 heavy (non-hydrogen) atoms. The van der Waals surface area contributed by atoms with E-state index in [0.717, 1.165) is 18.4 Å². The third kappa shape index (κ3) is 3.73. The summed E-state index contributed by atoms with van der Waals surface area (Å²) >= 11 is 0. The van der Waals surface area contributed by atoms with Crippen molar-refractivity contribution in [2.45, 2.75) is 25.2 Å². The van der Waals surface area contributed by atoms with Crippen LogP contribution in [0.15, 0.2) is 40.9 Å². The highest BCUT2D eigenvalue weighted by atomic mass is 16.5. The molecule has 2 aliphatic rings. The zero-order valence-corrected chi connectivity index (χ0v) is 15.5. The lowest BCUT2D eigenvalue weighted by Gasteiger charge is -2.36. The van der Waals surface area contributed by atoms with Gasteiger partial charge in [-0.25, -0.2) is 0 Å². The zero-order chi connectivity index (χ0) is 18.9. The molecule has 142 valence electrons. The van der Waals surface area contributed by atoms with E-state index in [4.69, 9.17) is 4.52 Å². The Kier molecular flexibility index (Phi) is 4.70. The predicted octanol–water partition coefficient (Wildman–Crippen LogP) is 1.80. The van der Waals surface area contributed by atoms with Crippen molar-refractivity contribution >= 4 is 17.6 Å². The van der Waals surface area contributed by atoms with Gasteiger partial charge in [0.25, 0.3) is 0 Å². The fraction of sp³-hybridized carbons (Fsp3) is 0.450. The number of hydrogen-bond acceptors (Lipinski definition) is 5. The molecule has 1 saturated carbocycles. The van der Waals surface area contributed by atoms with Crippen LogP contribution in [0.5, 0.6) is 0 Å². The summed E-state index contributed by atoms with van der Waals surface area (Å²) in [6.07, 6.45) is 1.85. The van der Waals surface area contributed by atoms with E-state index in [2.05, 4.69) is 27.5 Å². The lowest BCUT2D eigenvalue weighted by atomic mass is 9.94. The first-order valence-electron chi connectivity index (χ1n) is 9.37. The maximum absolute atomic E-state index is 13.1. The molecule has 1 saturated heterocycles. The van der Waals surface area contributed by atoms with Gasteiger partial charge in [0.1, 0.15) is 5.76 Å². The predicted molar refractivity (Wildman–Crippen MR) is 100 cm³/mol. The normalized spacial score (nSPS) is 18.9. The summed E-state index contributed by atoms with van der Waals surface area (Å²) in [5.74, 6) is 1.21. The second-order valence-electron chi connectivity index (χ2n) is 7.39. The molecule has 1 aliphatic heterocycles. The van der Waals surface area contributed by atoms with Crippen LogP contribution in [0.3, 0.4) is 0 Å². The van der Waals surface area contributed by atoms with Gasteiger partial charge in [-0.15, -0.1) is 0 Å². The maximum Gasteiger partial charge on any atom is 0.239 e. The number of nitrogens with one attached hydrogen (secondary N) is 1. The zero-order valence-electron chi connectivity index (χ0n) is 15.5. The molecule has 2 amide bonds. The number of piperazine rings is 1. The van der Waals surface area contributed by atoms with Crippen LogP contribution in [0.25, 0.3) is 0 Å². The highest BCUT2D eigenvalue weighted by molar-refractivity contribution is 5.92.